The van der Waals surface area contributed by atoms with Gasteiger partial charge in [-0.15, -0.1) is 5.46 Å². The van der Waals surface area contributed by atoms with Crippen molar-refractivity contribution in [3.05, 3.63) is 29.6 Å². The second kappa shape index (κ2) is 5.72. The van der Waals surface area contributed by atoms with E-state index in [9.17, 15) is 26.1 Å². The van der Waals surface area contributed by atoms with Gasteiger partial charge >= 0.3 is 58.4 Å². The molecule has 1 aromatic carbocycles. The van der Waals surface area contributed by atoms with Crippen LogP contribution in [0.2, 0.25) is 0 Å². The summed E-state index contributed by atoms with van der Waals surface area (Å²) >= 11 is 0. The minimum atomic E-state index is -5.34. The van der Waals surface area contributed by atoms with Crippen molar-refractivity contribution >= 4 is 12.4 Å². The second-order valence-electron chi connectivity index (χ2n) is 2.66. The van der Waals surface area contributed by atoms with Gasteiger partial charge in [0.05, 0.1) is 5.56 Å². The van der Waals surface area contributed by atoms with Crippen LogP contribution in [-0.2, 0) is 0 Å². The normalized spacial score (nSPS) is 11.4. The molecule has 1 rings (SSSR count). The smallest absolute Gasteiger partial charge is 0.445 e. The number of hydrogen-bond acceptors (Lipinski definition) is 0. The fraction of sp³-hybridized carbons (Fsp3) is 0.143. The molecule has 0 aliphatic rings. The van der Waals surface area contributed by atoms with Gasteiger partial charge in [0, 0.05) is 0 Å². The SMILES string of the molecule is Fc1cc([B-](F)(F)F)ccc1C(F)F.[K+]. The average Bonchev–Trinajstić information content (AvgIpc) is 2.01. The first-order valence-corrected chi connectivity index (χ1v) is 3.60. The van der Waals surface area contributed by atoms with E-state index in [1.165, 1.54) is 0 Å². The first-order valence-electron chi connectivity index (χ1n) is 3.60. The molecule has 0 aliphatic carbocycles. The van der Waals surface area contributed by atoms with Gasteiger partial charge in [0.2, 0.25) is 0 Å². The minimum Gasteiger partial charge on any atom is -0.445 e. The third kappa shape index (κ3) is 4.10. The molecule has 0 spiro atoms. The van der Waals surface area contributed by atoms with Gasteiger partial charge in [-0.1, -0.05) is 18.2 Å². The quantitative estimate of drug-likeness (QED) is 0.506. The van der Waals surface area contributed by atoms with Gasteiger partial charge in [0.15, 0.2) is 0 Å². The fourth-order valence-electron chi connectivity index (χ4n) is 0.924. The van der Waals surface area contributed by atoms with Gasteiger partial charge in [-0.05, 0) is 0 Å². The van der Waals surface area contributed by atoms with E-state index in [-0.39, 0.29) is 57.5 Å². The molecule has 0 N–H and O–H groups in total. The summed E-state index contributed by atoms with van der Waals surface area (Å²) in [6, 6.07) is 0.983. The molecular weight excluding hydrogens is 248 g/mol. The number of benzene rings is 1. The molecule has 0 aromatic heterocycles. The van der Waals surface area contributed by atoms with Crippen molar-refractivity contribution in [2.75, 3.05) is 0 Å². The molecule has 8 heteroatoms. The van der Waals surface area contributed by atoms with Gasteiger partial charge < -0.3 is 12.9 Å². The zero-order valence-electron chi connectivity index (χ0n) is 7.65. The van der Waals surface area contributed by atoms with Crippen molar-refractivity contribution < 1.29 is 77.5 Å². The van der Waals surface area contributed by atoms with Crippen LogP contribution in [0.4, 0.5) is 26.1 Å². The van der Waals surface area contributed by atoms with E-state index in [4.69, 9.17) is 0 Å². The van der Waals surface area contributed by atoms with E-state index >= 15 is 0 Å². The summed E-state index contributed by atoms with van der Waals surface area (Å²) in [5.74, 6) is -1.53. The summed E-state index contributed by atoms with van der Waals surface area (Å²) < 4.78 is 72.6. The molecule has 0 bridgehead atoms. The number of rotatable bonds is 2. The van der Waals surface area contributed by atoms with Gasteiger partial charge in [-0.25, -0.2) is 13.2 Å². The minimum absolute atomic E-state index is 0. The van der Waals surface area contributed by atoms with Crippen LogP contribution in [0.5, 0.6) is 0 Å². The Morgan fingerprint density at radius 3 is 1.93 bits per heavy atom. The Bertz CT molecular complexity index is 337. The van der Waals surface area contributed by atoms with E-state index in [0.717, 1.165) is 0 Å². The second-order valence-corrected chi connectivity index (χ2v) is 2.66. The maximum absolute atomic E-state index is 12.7. The van der Waals surface area contributed by atoms with Crippen LogP contribution in [0.1, 0.15) is 12.0 Å². The van der Waals surface area contributed by atoms with Crippen LogP contribution in [0.3, 0.4) is 0 Å². The molecule has 0 saturated heterocycles. The van der Waals surface area contributed by atoms with E-state index in [1.54, 1.807) is 0 Å². The summed E-state index contributed by atoms with van der Waals surface area (Å²) in [7, 11) is 0. The first kappa shape index (κ1) is 15.5. The molecular formula is C7H4BF6K. The van der Waals surface area contributed by atoms with Gasteiger partial charge in [0.25, 0.3) is 6.43 Å². The third-order valence-electron chi connectivity index (χ3n) is 1.64. The number of halogens is 6. The molecule has 0 nitrogen and oxygen atoms in total. The third-order valence-corrected chi connectivity index (χ3v) is 1.64. The Balaban J connectivity index is 0.00000196. The molecule has 78 valence electrons. The van der Waals surface area contributed by atoms with E-state index in [1.807, 2.05) is 0 Å². The Hall–Kier alpha value is 0.501. The van der Waals surface area contributed by atoms with Crippen molar-refractivity contribution in [3.8, 4) is 0 Å². The molecule has 0 heterocycles. The maximum Gasteiger partial charge on any atom is 1.00 e. The van der Waals surface area contributed by atoms with Crippen LogP contribution in [0, 0.1) is 5.82 Å². The standard InChI is InChI=1S/C7H4BF6.K/c9-6-3-4(8(12,13)14)1-2-5(6)7(10)11;/h1-3,7H;/q-1;+1. The summed E-state index contributed by atoms with van der Waals surface area (Å²) in [6.07, 6.45) is -3.11. The summed E-state index contributed by atoms with van der Waals surface area (Å²) in [4.78, 5) is 0. The zero-order chi connectivity index (χ0) is 10.9. The Morgan fingerprint density at radius 2 is 1.60 bits per heavy atom. The fourth-order valence-corrected chi connectivity index (χ4v) is 0.924. The largest absolute Gasteiger partial charge is 1.00 e. The maximum atomic E-state index is 12.7. The Labute approximate surface area is 125 Å². The molecule has 0 saturated carbocycles. The van der Waals surface area contributed by atoms with Crippen molar-refractivity contribution in [2.45, 2.75) is 6.43 Å². The van der Waals surface area contributed by atoms with Crippen LogP contribution >= 0.6 is 0 Å². The summed E-state index contributed by atoms with van der Waals surface area (Å²) in [5, 5.41) is 0. The van der Waals surface area contributed by atoms with Crippen molar-refractivity contribution in [1.82, 2.24) is 0 Å². The molecule has 0 radical (unpaired) electrons. The first-order chi connectivity index (χ1) is 6.32. The van der Waals surface area contributed by atoms with Crippen LogP contribution in [0.25, 0.3) is 0 Å². The molecule has 0 unspecified atom stereocenters. The van der Waals surface area contributed by atoms with Crippen LogP contribution in [-0.4, -0.2) is 6.98 Å². The van der Waals surface area contributed by atoms with Crippen molar-refractivity contribution in [1.29, 1.82) is 0 Å². The number of hydrogen-bond donors (Lipinski definition) is 0. The number of alkyl halides is 2. The van der Waals surface area contributed by atoms with Crippen LogP contribution in [0.15, 0.2) is 18.2 Å². The molecule has 15 heavy (non-hydrogen) atoms. The van der Waals surface area contributed by atoms with Crippen molar-refractivity contribution in [2.24, 2.45) is 0 Å². The van der Waals surface area contributed by atoms with E-state index < -0.39 is 30.2 Å². The molecule has 0 aliphatic heterocycles. The predicted octanol–water partition coefficient (Wildman–Crippen LogP) is -0.178. The molecule has 0 fully saturated rings. The topological polar surface area (TPSA) is 0 Å². The molecule has 0 amide bonds. The van der Waals surface area contributed by atoms with Gasteiger partial charge in [-0.3, -0.25) is 0 Å². The Morgan fingerprint density at radius 1 is 1.07 bits per heavy atom. The van der Waals surface area contributed by atoms with E-state index in [2.05, 4.69) is 0 Å². The average molecular weight is 252 g/mol. The summed E-state index contributed by atoms with van der Waals surface area (Å²) in [6.45, 7) is -5.34. The van der Waals surface area contributed by atoms with Gasteiger partial charge in [0.1, 0.15) is 5.82 Å². The Kier molecular flexibility index (Phi) is 5.91. The van der Waals surface area contributed by atoms with Gasteiger partial charge in [-0.2, -0.15) is 0 Å². The zero-order valence-corrected chi connectivity index (χ0v) is 10.8. The molecule has 0 atom stereocenters. The monoisotopic (exact) mass is 252 g/mol. The van der Waals surface area contributed by atoms with E-state index in [0.29, 0.717) is 12.1 Å². The van der Waals surface area contributed by atoms with Crippen molar-refractivity contribution in [3.63, 3.8) is 0 Å². The summed E-state index contributed by atoms with van der Waals surface area (Å²) in [5.41, 5.74) is -2.24. The predicted molar refractivity (Wildman–Crippen MR) is 40.1 cm³/mol. The van der Waals surface area contributed by atoms with Crippen LogP contribution < -0.4 is 56.8 Å². The molecule has 1 aromatic rings.